The molecule has 0 amide bonds. The number of methoxy groups -OCH3 is 1. The van der Waals surface area contributed by atoms with Crippen molar-refractivity contribution in [1.29, 1.82) is 0 Å². The lowest BCUT2D eigenvalue weighted by atomic mass is 9.40. The monoisotopic (exact) mass is 390 g/mol. The number of hydrogen-bond donors (Lipinski definition) is 1. The van der Waals surface area contributed by atoms with E-state index in [-0.39, 0.29) is 17.8 Å². The van der Waals surface area contributed by atoms with Crippen molar-refractivity contribution < 1.29 is 23.8 Å². The fourth-order valence-corrected chi connectivity index (χ4v) is 7.26. The van der Waals surface area contributed by atoms with Gasteiger partial charge < -0.3 is 19.0 Å². The van der Waals surface area contributed by atoms with Crippen LogP contribution in [0, 0.1) is 22.7 Å². The van der Waals surface area contributed by atoms with E-state index in [9.17, 15) is 9.90 Å². The molecular formula is C23H34O5. The predicted octanol–water partition coefficient (Wildman–Crippen LogP) is 4.21. The Morgan fingerprint density at radius 1 is 1.25 bits per heavy atom. The molecule has 1 heterocycles. The van der Waals surface area contributed by atoms with Crippen LogP contribution in [0.1, 0.15) is 71.1 Å². The SMILES string of the molecule is CCOC1(C)c2ccoc2CC2C1CCC1(O)C(C)(C(=O)OC)CCCC21C. The second-order valence-corrected chi connectivity index (χ2v) is 9.71. The lowest BCUT2D eigenvalue weighted by molar-refractivity contribution is -0.265. The lowest BCUT2D eigenvalue weighted by Gasteiger charge is -2.66. The van der Waals surface area contributed by atoms with Crippen LogP contribution >= 0.6 is 0 Å². The fraction of sp³-hybridized carbons (Fsp3) is 0.783. The van der Waals surface area contributed by atoms with Gasteiger partial charge in [-0.3, -0.25) is 4.79 Å². The molecule has 3 aliphatic carbocycles. The van der Waals surface area contributed by atoms with Crippen molar-refractivity contribution in [3.63, 3.8) is 0 Å². The van der Waals surface area contributed by atoms with Crippen molar-refractivity contribution in [3.8, 4) is 0 Å². The van der Waals surface area contributed by atoms with Crippen LogP contribution in [0.4, 0.5) is 0 Å². The first kappa shape index (κ1) is 20.0. The Kier molecular flexibility index (Phi) is 4.51. The molecule has 2 saturated carbocycles. The summed E-state index contributed by atoms with van der Waals surface area (Å²) in [5, 5.41) is 12.1. The van der Waals surface area contributed by atoms with E-state index in [4.69, 9.17) is 13.9 Å². The summed E-state index contributed by atoms with van der Waals surface area (Å²) in [6.45, 7) is 8.93. The molecule has 6 unspecified atom stereocenters. The second kappa shape index (κ2) is 6.33. The summed E-state index contributed by atoms with van der Waals surface area (Å²) in [5.41, 5.74) is -1.66. The Bertz CT molecular complexity index is 771. The van der Waals surface area contributed by atoms with Gasteiger partial charge in [-0.25, -0.2) is 0 Å². The molecule has 4 rings (SSSR count). The first-order chi connectivity index (χ1) is 13.2. The third-order valence-electron chi connectivity index (χ3n) is 8.82. The minimum Gasteiger partial charge on any atom is -0.469 e. The maximum Gasteiger partial charge on any atom is 0.314 e. The molecule has 0 aliphatic heterocycles. The first-order valence-electron chi connectivity index (χ1n) is 10.7. The number of hydrogen-bond acceptors (Lipinski definition) is 5. The van der Waals surface area contributed by atoms with Crippen molar-refractivity contribution >= 4 is 5.97 Å². The zero-order valence-corrected chi connectivity index (χ0v) is 17.8. The zero-order chi connectivity index (χ0) is 20.4. The maximum atomic E-state index is 12.8. The molecule has 1 aromatic heterocycles. The lowest BCUT2D eigenvalue weighted by Crippen LogP contribution is -2.70. The Hall–Kier alpha value is -1.33. The van der Waals surface area contributed by atoms with Gasteiger partial charge in [0.15, 0.2) is 0 Å². The van der Waals surface area contributed by atoms with Gasteiger partial charge in [-0.1, -0.05) is 13.3 Å². The van der Waals surface area contributed by atoms with Crippen molar-refractivity contribution in [2.24, 2.45) is 22.7 Å². The van der Waals surface area contributed by atoms with Gasteiger partial charge in [-0.05, 0) is 64.4 Å². The molecule has 5 nitrogen and oxygen atoms in total. The quantitative estimate of drug-likeness (QED) is 0.783. The Morgan fingerprint density at radius 2 is 2.00 bits per heavy atom. The summed E-state index contributed by atoms with van der Waals surface area (Å²) in [6.07, 6.45) is 6.42. The van der Waals surface area contributed by atoms with E-state index in [1.165, 1.54) is 7.11 Å². The number of fused-ring (bicyclic) bond motifs is 4. The van der Waals surface area contributed by atoms with E-state index in [1.807, 2.05) is 19.9 Å². The number of carbonyl (C=O) groups is 1. The highest BCUT2D eigenvalue weighted by atomic mass is 16.5. The van der Waals surface area contributed by atoms with Gasteiger partial charge in [0.2, 0.25) is 0 Å². The van der Waals surface area contributed by atoms with Crippen LogP contribution in [0.5, 0.6) is 0 Å². The van der Waals surface area contributed by atoms with Gasteiger partial charge in [0.05, 0.1) is 30.0 Å². The molecular weight excluding hydrogens is 356 g/mol. The van der Waals surface area contributed by atoms with Crippen molar-refractivity contribution in [1.82, 2.24) is 0 Å². The molecule has 0 aromatic carbocycles. The fourth-order valence-electron chi connectivity index (χ4n) is 7.26. The van der Waals surface area contributed by atoms with E-state index in [1.54, 1.807) is 6.26 Å². The highest BCUT2D eigenvalue weighted by Crippen LogP contribution is 2.68. The Labute approximate surface area is 167 Å². The topological polar surface area (TPSA) is 68.9 Å². The number of rotatable bonds is 3. The second-order valence-electron chi connectivity index (χ2n) is 9.71. The largest absolute Gasteiger partial charge is 0.469 e. The van der Waals surface area contributed by atoms with Crippen molar-refractivity contribution in [2.45, 2.75) is 77.4 Å². The number of aliphatic hydroxyl groups is 1. The molecule has 5 heteroatoms. The number of carbonyl (C=O) groups excluding carboxylic acids is 1. The normalized spacial score (nSPS) is 44.9. The smallest absolute Gasteiger partial charge is 0.314 e. The third kappa shape index (κ3) is 2.23. The minimum absolute atomic E-state index is 0.186. The van der Waals surface area contributed by atoms with Gasteiger partial charge in [-0.15, -0.1) is 0 Å². The van der Waals surface area contributed by atoms with Gasteiger partial charge in [0.1, 0.15) is 5.76 Å². The summed E-state index contributed by atoms with van der Waals surface area (Å²) < 4.78 is 17.4. The molecule has 2 fully saturated rings. The van der Waals surface area contributed by atoms with Crippen LogP contribution in [0.3, 0.4) is 0 Å². The summed E-state index contributed by atoms with van der Waals surface area (Å²) in [7, 11) is 1.43. The van der Waals surface area contributed by atoms with Crippen LogP contribution in [-0.2, 0) is 26.3 Å². The first-order valence-corrected chi connectivity index (χ1v) is 10.7. The van der Waals surface area contributed by atoms with Crippen molar-refractivity contribution in [3.05, 3.63) is 23.7 Å². The molecule has 6 atom stereocenters. The van der Waals surface area contributed by atoms with E-state index >= 15 is 0 Å². The van der Waals surface area contributed by atoms with Gasteiger partial charge in [-0.2, -0.15) is 0 Å². The van der Waals surface area contributed by atoms with Gasteiger partial charge in [0, 0.05) is 24.0 Å². The van der Waals surface area contributed by atoms with Gasteiger partial charge in [0.25, 0.3) is 0 Å². The maximum absolute atomic E-state index is 12.8. The average molecular weight is 391 g/mol. The van der Waals surface area contributed by atoms with E-state index < -0.39 is 22.0 Å². The molecule has 0 spiro atoms. The highest BCUT2D eigenvalue weighted by Gasteiger charge is 2.70. The summed E-state index contributed by atoms with van der Waals surface area (Å²) in [4.78, 5) is 12.8. The van der Waals surface area contributed by atoms with Crippen LogP contribution in [0.25, 0.3) is 0 Å². The molecule has 1 aromatic rings. The van der Waals surface area contributed by atoms with Crippen LogP contribution in [0.2, 0.25) is 0 Å². The minimum atomic E-state index is -1.09. The molecule has 0 saturated heterocycles. The van der Waals surface area contributed by atoms with Crippen LogP contribution in [-0.4, -0.2) is 30.4 Å². The number of ether oxygens (including phenoxy) is 2. The zero-order valence-electron chi connectivity index (χ0n) is 17.8. The third-order valence-corrected chi connectivity index (χ3v) is 8.82. The van der Waals surface area contributed by atoms with E-state index in [2.05, 4.69) is 13.8 Å². The Balaban J connectivity index is 1.83. The molecule has 0 radical (unpaired) electrons. The van der Waals surface area contributed by atoms with E-state index in [0.29, 0.717) is 19.4 Å². The average Bonchev–Trinajstić information content (AvgIpc) is 3.13. The Morgan fingerprint density at radius 3 is 2.68 bits per heavy atom. The predicted molar refractivity (Wildman–Crippen MR) is 105 cm³/mol. The summed E-state index contributed by atoms with van der Waals surface area (Å²) >= 11 is 0. The van der Waals surface area contributed by atoms with Crippen LogP contribution < -0.4 is 0 Å². The molecule has 0 bridgehead atoms. The van der Waals surface area contributed by atoms with Crippen molar-refractivity contribution in [2.75, 3.05) is 13.7 Å². The standard InChI is InChI=1S/C23H34O5/c1-6-28-22(4)15-8-12-23(25)20(2,10-7-11-21(23,3)19(24)26-5)17(15)14-18-16(22)9-13-27-18/h9,13,15,17,25H,6-8,10-12,14H2,1-5H3. The van der Waals surface area contributed by atoms with Crippen LogP contribution in [0.15, 0.2) is 16.7 Å². The van der Waals surface area contributed by atoms with Gasteiger partial charge >= 0.3 is 5.97 Å². The highest BCUT2D eigenvalue weighted by molar-refractivity contribution is 5.78. The molecule has 156 valence electrons. The molecule has 1 N–H and O–H groups in total. The number of esters is 1. The summed E-state index contributed by atoms with van der Waals surface area (Å²) in [5.74, 6) is 1.14. The van der Waals surface area contributed by atoms with E-state index in [0.717, 1.165) is 37.0 Å². The number of furan rings is 1. The molecule has 3 aliphatic rings. The summed E-state index contributed by atoms with van der Waals surface area (Å²) in [6, 6.07) is 2.05. The molecule has 28 heavy (non-hydrogen) atoms.